The minimum absolute atomic E-state index is 0.0361. The van der Waals surface area contributed by atoms with Crippen LogP contribution in [-0.4, -0.2) is 17.3 Å². The predicted molar refractivity (Wildman–Crippen MR) is 94.6 cm³/mol. The van der Waals surface area contributed by atoms with Crippen LogP contribution in [0.25, 0.3) is 10.8 Å². The largest absolute Gasteiger partial charge is 0.377 e. The van der Waals surface area contributed by atoms with Crippen molar-refractivity contribution in [3.05, 3.63) is 81.9 Å². The third-order valence-corrected chi connectivity index (χ3v) is 3.96. The number of nitrogens with zero attached hydrogens (tertiary/aromatic N) is 1. The maximum Gasteiger partial charge on any atom is 0.273 e. The molecule has 0 atom stereocenters. The quantitative estimate of drug-likeness (QED) is 0.431. The molecule has 0 aliphatic rings. The molecule has 0 amide bonds. The lowest BCUT2D eigenvalue weighted by Gasteiger charge is -2.09. The Labute approximate surface area is 139 Å². The highest BCUT2D eigenvalue weighted by molar-refractivity contribution is 6.01. The Morgan fingerprint density at radius 2 is 1.83 bits per heavy atom. The summed E-state index contributed by atoms with van der Waals surface area (Å²) in [7, 11) is 0. The molecule has 3 aromatic rings. The SMILES string of the molecule is Cc1ccc(C(=O)CNc2cccc3ccccc23)cc1[N+](=O)[O-]. The van der Waals surface area contributed by atoms with Crippen molar-refractivity contribution >= 4 is 27.9 Å². The maximum absolute atomic E-state index is 12.4. The van der Waals surface area contributed by atoms with Gasteiger partial charge >= 0.3 is 0 Å². The molecule has 0 aliphatic heterocycles. The Bertz CT molecular complexity index is 930. The van der Waals surface area contributed by atoms with Gasteiger partial charge in [0.1, 0.15) is 0 Å². The standard InChI is InChI=1S/C19H16N2O3/c1-13-9-10-15(11-18(13)21(23)24)19(22)12-20-17-8-4-6-14-5-2-3-7-16(14)17/h2-11,20H,12H2,1H3. The van der Waals surface area contributed by atoms with E-state index in [4.69, 9.17) is 0 Å². The van der Waals surface area contributed by atoms with Crippen LogP contribution in [0.3, 0.4) is 0 Å². The second kappa shape index (κ2) is 6.50. The van der Waals surface area contributed by atoms with E-state index in [-0.39, 0.29) is 18.0 Å². The van der Waals surface area contributed by atoms with Gasteiger partial charge in [0.25, 0.3) is 5.69 Å². The van der Waals surface area contributed by atoms with E-state index in [1.807, 2.05) is 42.5 Å². The fourth-order valence-corrected chi connectivity index (χ4v) is 2.64. The number of carbonyl (C=O) groups excluding carboxylic acids is 1. The average Bonchev–Trinajstić information content (AvgIpc) is 2.59. The van der Waals surface area contributed by atoms with Gasteiger partial charge in [-0.15, -0.1) is 0 Å². The van der Waals surface area contributed by atoms with E-state index in [1.165, 1.54) is 6.07 Å². The molecular formula is C19H16N2O3. The minimum atomic E-state index is -0.468. The van der Waals surface area contributed by atoms with Crippen LogP contribution < -0.4 is 5.32 Å². The third-order valence-electron chi connectivity index (χ3n) is 3.96. The second-order valence-electron chi connectivity index (χ2n) is 5.56. The van der Waals surface area contributed by atoms with Gasteiger partial charge in [-0.25, -0.2) is 0 Å². The number of fused-ring (bicyclic) bond motifs is 1. The van der Waals surface area contributed by atoms with Gasteiger partial charge in [-0.1, -0.05) is 48.5 Å². The number of nitro groups is 1. The van der Waals surface area contributed by atoms with Gasteiger partial charge < -0.3 is 5.32 Å². The van der Waals surface area contributed by atoms with Crippen molar-refractivity contribution in [1.82, 2.24) is 0 Å². The van der Waals surface area contributed by atoms with Crippen LogP contribution in [0.4, 0.5) is 11.4 Å². The molecule has 0 unspecified atom stereocenters. The summed E-state index contributed by atoms with van der Waals surface area (Å²) in [6, 6.07) is 18.3. The van der Waals surface area contributed by atoms with Crippen molar-refractivity contribution in [2.45, 2.75) is 6.92 Å². The van der Waals surface area contributed by atoms with Gasteiger partial charge in [-0.2, -0.15) is 0 Å². The molecule has 0 radical (unpaired) electrons. The van der Waals surface area contributed by atoms with Gasteiger partial charge in [0, 0.05) is 28.3 Å². The van der Waals surface area contributed by atoms with Crippen LogP contribution in [-0.2, 0) is 0 Å². The van der Waals surface area contributed by atoms with Crippen molar-refractivity contribution in [3.8, 4) is 0 Å². The number of Topliss-reactive ketones (excluding diaryl/α,β-unsaturated/α-hetero) is 1. The van der Waals surface area contributed by atoms with Gasteiger partial charge in [0.2, 0.25) is 0 Å². The first kappa shape index (κ1) is 15.7. The molecule has 3 aromatic carbocycles. The Morgan fingerprint density at radius 1 is 1.08 bits per heavy atom. The van der Waals surface area contributed by atoms with E-state index in [0.29, 0.717) is 11.1 Å². The van der Waals surface area contributed by atoms with Crippen LogP contribution in [0.15, 0.2) is 60.7 Å². The number of nitro benzene ring substituents is 1. The Balaban J connectivity index is 1.80. The van der Waals surface area contributed by atoms with E-state index >= 15 is 0 Å². The molecule has 0 saturated carbocycles. The Kier molecular flexibility index (Phi) is 4.24. The topological polar surface area (TPSA) is 72.2 Å². The molecule has 0 spiro atoms. The van der Waals surface area contributed by atoms with Crippen molar-refractivity contribution in [3.63, 3.8) is 0 Å². The molecule has 24 heavy (non-hydrogen) atoms. The van der Waals surface area contributed by atoms with Gasteiger partial charge in [0.15, 0.2) is 5.78 Å². The molecule has 3 rings (SSSR count). The first-order valence-electron chi connectivity index (χ1n) is 7.56. The third kappa shape index (κ3) is 3.10. The number of benzene rings is 3. The minimum Gasteiger partial charge on any atom is -0.377 e. The molecule has 0 fully saturated rings. The normalized spacial score (nSPS) is 10.5. The lowest BCUT2D eigenvalue weighted by atomic mass is 10.1. The molecular weight excluding hydrogens is 304 g/mol. The summed E-state index contributed by atoms with van der Waals surface area (Å²) in [5.41, 5.74) is 1.70. The predicted octanol–water partition coefficient (Wildman–Crippen LogP) is 4.35. The second-order valence-corrected chi connectivity index (χ2v) is 5.56. The molecule has 5 nitrogen and oxygen atoms in total. The zero-order chi connectivity index (χ0) is 17.1. The maximum atomic E-state index is 12.4. The number of rotatable bonds is 5. The fourth-order valence-electron chi connectivity index (χ4n) is 2.64. The van der Waals surface area contributed by atoms with Crippen LogP contribution in [0.5, 0.6) is 0 Å². The van der Waals surface area contributed by atoms with Crippen LogP contribution in [0.1, 0.15) is 15.9 Å². The summed E-state index contributed by atoms with van der Waals surface area (Å²) in [6.07, 6.45) is 0. The van der Waals surface area contributed by atoms with Gasteiger partial charge in [-0.3, -0.25) is 14.9 Å². The highest BCUT2D eigenvalue weighted by atomic mass is 16.6. The number of hydrogen-bond acceptors (Lipinski definition) is 4. The number of aryl methyl sites for hydroxylation is 1. The molecule has 0 heterocycles. The molecule has 0 bridgehead atoms. The van der Waals surface area contributed by atoms with Gasteiger partial charge in [0.05, 0.1) is 11.5 Å². The molecule has 0 saturated heterocycles. The summed E-state index contributed by atoms with van der Waals surface area (Å²) in [5, 5.41) is 16.2. The van der Waals surface area contributed by atoms with Crippen molar-refractivity contribution in [1.29, 1.82) is 0 Å². The Hall–Kier alpha value is -3.21. The highest BCUT2D eigenvalue weighted by Crippen LogP contribution is 2.23. The lowest BCUT2D eigenvalue weighted by Crippen LogP contribution is -2.14. The molecule has 120 valence electrons. The number of nitrogens with one attached hydrogen (secondary N) is 1. The van der Waals surface area contributed by atoms with E-state index in [9.17, 15) is 14.9 Å². The van der Waals surface area contributed by atoms with Gasteiger partial charge in [-0.05, 0) is 18.4 Å². The number of carbonyl (C=O) groups is 1. The zero-order valence-corrected chi connectivity index (χ0v) is 13.2. The van der Waals surface area contributed by atoms with E-state index in [1.54, 1.807) is 19.1 Å². The first-order valence-corrected chi connectivity index (χ1v) is 7.56. The first-order chi connectivity index (χ1) is 11.6. The molecule has 1 N–H and O–H groups in total. The summed E-state index contributed by atoms with van der Waals surface area (Å²) in [4.78, 5) is 22.9. The average molecular weight is 320 g/mol. The number of ketones is 1. The van der Waals surface area contributed by atoms with Crippen molar-refractivity contribution in [2.24, 2.45) is 0 Å². The fraction of sp³-hybridized carbons (Fsp3) is 0.105. The van der Waals surface area contributed by atoms with E-state index in [2.05, 4.69) is 5.32 Å². The highest BCUT2D eigenvalue weighted by Gasteiger charge is 2.15. The van der Waals surface area contributed by atoms with Crippen LogP contribution >= 0.6 is 0 Å². The van der Waals surface area contributed by atoms with Crippen LogP contribution in [0.2, 0.25) is 0 Å². The van der Waals surface area contributed by atoms with Crippen LogP contribution in [0, 0.1) is 17.0 Å². The summed E-state index contributed by atoms with van der Waals surface area (Å²) < 4.78 is 0. The van der Waals surface area contributed by atoms with E-state index < -0.39 is 4.92 Å². The molecule has 0 aromatic heterocycles. The van der Waals surface area contributed by atoms with E-state index in [0.717, 1.165) is 16.5 Å². The lowest BCUT2D eigenvalue weighted by molar-refractivity contribution is -0.385. The number of hydrogen-bond donors (Lipinski definition) is 1. The monoisotopic (exact) mass is 320 g/mol. The summed E-state index contributed by atoms with van der Waals surface area (Å²) >= 11 is 0. The molecule has 0 aliphatic carbocycles. The Morgan fingerprint density at radius 3 is 2.62 bits per heavy atom. The van der Waals surface area contributed by atoms with Crippen molar-refractivity contribution in [2.75, 3.05) is 11.9 Å². The molecule has 5 heteroatoms. The summed E-state index contributed by atoms with van der Waals surface area (Å²) in [5.74, 6) is -0.189. The smallest absolute Gasteiger partial charge is 0.273 e. The zero-order valence-electron chi connectivity index (χ0n) is 13.2. The summed E-state index contributed by atoms with van der Waals surface area (Å²) in [6.45, 7) is 1.73. The van der Waals surface area contributed by atoms with Crippen molar-refractivity contribution < 1.29 is 9.72 Å². The number of anilines is 1.